The Kier molecular flexibility index (Phi) is 4.94. The van der Waals surface area contributed by atoms with E-state index in [0.717, 1.165) is 4.90 Å². The van der Waals surface area contributed by atoms with Crippen LogP contribution < -0.4 is 10.2 Å². The molecule has 0 aliphatic carbocycles. The zero-order valence-corrected chi connectivity index (χ0v) is 17.6. The van der Waals surface area contributed by atoms with E-state index in [-0.39, 0.29) is 11.4 Å². The Morgan fingerprint density at radius 3 is 2.55 bits per heavy atom. The lowest BCUT2D eigenvalue weighted by Gasteiger charge is -2.30. The van der Waals surface area contributed by atoms with Gasteiger partial charge >= 0.3 is 0 Å². The van der Waals surface area contributed by atoms with Crippen LogP contribution in [0.4, 0.5) is 17.1 Å². The average molecular weight is 466 g/mol. The molecule has 0 bridgehead atoms. The molecule has 33 heavy (non-hydrogen) atoms. The molecule has 2 saturated heterocycles. The first-order valence-corrected chi connectivity index (χ1v) is 10.4. The third-order valence-electron chi connectivity index (χ3n) is 5.97. The summed E-state index contributed by atoms with van der Waals surface area (Å²) in [6.45, 7) is 0. The maximum atomic E-state index is 13.5. The highest BCUT2D eigenvalue weighted by atomic mass is 35.5. The van der Waals surface area contributed by atoms with E-state index in [9.17, 15) is 24.5 Å². The first kappa shape index (κ1) is 20.8. The fourth-order valence-corrected chi connectivity index (χ4v) is 4.71. The molecule has 3 amide bonds. The van der Waals surface area contributed by atoms with Crippen LogP contribution >= 0.6 is 11.6 Å². The molecule has 2 aromatic carbocycles. The molecule has 11 heteroatoms. The largest absolute Gasteiger partial charge is 0.324 e. The molecule has 0 radical (unpaired) electrons. The molecule has 10 nitrogen and oxygen atoms in total. The summed E-state index contributed by atoms with van der Waals surface area (Å²) in [5.41, 5.74) is 0.333. The predicted octanol–water partition coefficient (Wildman–Crippen LogP) is 2.60. The van der Waals surface area contributed by atoms with E-state index in [0.29, 0.717) is 10.7 Å². The first-order valence-electron chi connectivity index (χ1n) is 10.0. The number of non-ortho nitro benzene ring substituents is 1. The van der Waals surface area contributed by atoms with Crippen molar-refractivity contribution in [3.63, 3.8) is 0 Å². The maximum absolute atomic E-state index is 13.5. The monoisotopic (exact) mass is 465 g/mol. The molecular weight excluding hydrogens is 450 g/mol. The smallest absolute Gasteiger partial charge is 0.271 e. The van der Waals surface area contributed by atoms with Gasteiger partial charge in [-0.05, 0) is 36.4 Å². The summed E-state index contributed by atoms with van der Waals surface area (Å²) in [5, 5.41) is 20.2. The Labute approximate surface area is 192 Å². The average Bonchev–Trinajstić information content (AvgIpc) is 3.28. The van der Waals surface area contributed by atoms with Crippen molar-refractivity contribution in [2.75, 3.05) is 10.2 Å². The van der Waals surface area contributed by atoms with E-state index in [1.807, 2.05) is 0 Å². The second-order valence-electron chi connectivity index (χ2n) is 7.80. The summed E-state index contributed by atoms with van der Waals surface area (Å²) in [7, 11) is 0. The topological polar surface area (TPSA) is 125 Å². The fourth-order valence-electron chi connectivity index (χ4n) is 4.59. The van der Waals surface area contributed by atoms with Gasteiger partial charge in [0, 0.05) is 29.1 Å². The van der Waals surface area contributed by atoms with Crippen molar-refractivity contribution in [2.24, 2.45) is 16.9 Å². The number of rotatable bonds is 4. The number of hydrogen-bond acceptors (Lipinski definition) is 7. The minimum Gasteiger partial charge on any atom is -0.324 e. The molecule has 2 fully saturated rings. The minimum atomic E-state index is -1.04. The van der Waals surface area contributed by atoms with Gasteiger partial charge in [0.25, 0.3) is 5.69 Å². The van der Waals surface area contributed by atoms with E-state index in [2.05, 4.69) is 10.4 Å². The molecule has 0 unspecified atom stereocenters. The Morgan fingerprint density at radius 1 is 1.09 bits per heavy atom. The summed E-state index contributed by atoms with van der Waals surface area (Å²) in [6.07, 6.45) is 4.88. The van der Waals surface area contributed by atoms with Gasteiger partial charge in [0.2, 0.25) is 17.7 Å². The molecule has 0 spiro atoms. The van der Waals surface area contributed by atoms with Crippen LogP contribution in [0.2, 0.25) is 5.02 Å². The van der Waals surface area contributed by atoms with Crippen LogP contribution in [-0.2, 0) is 14.4 Å². The first-order chi connectivity index (χ1) is 15.9. The van der Waals surface area contributed by atoms with Crippen LogP contribution in [-0.4, -0.2) is 46.0 Å². The predicted molar refractivity (Wildman–Crippen MR) is 120 cm³/mol. The van der Waals surface area contributed by atoms with Gasteiger partial charge < -0.3 is 5.32 Å². The number of amides is 3. The van der Waals surface area contributed by atoms with Gasteiger partial charge in [-0.2, -0.15) is 5.10 Å². The van der Waals surface area contributed by atoms with Crippen LogP contribution in [0.15, 0.2) is 65.8 Å². The molecule has 1 N–H and O–H groups in total. The van der Waals surface area contributed by atoms with Gasteiger partial charge in [0.15, 0.2) is 0 Å². The molecule has 3 aliphatic rings. The number of benzene rings is 2. The van der Waals surface area contributed by atoms with E-state index in [4.69, 9.17) is 11.6 Å². The van der Waals surface area contributed by atoms with Crippen molar-refractivity contribution in [1.82, 2.24) is 5.01 Å². The van der Waals surface area contributed by atoms with E-state index < -0.39 is 46.6 Å². The molecular formula is C22H16ClN5O5. The van der Waals surface area contributed by atoms with E-state index in [1.54, 1.807) is 36.4 Å². The highest BCUT2D eigenvalue weighted by Gasteiger charge is 2.64. The molecule has 0 aromatic heterocycles. The molecule has 3 aliphatic heterocycles. The number of fused-ring (bicyclic) bond motifs is 3. The molecule has 0 saturated carbocycles. The normalized spacial score (nSPS) is 25.2. The Balaban J connectivity index is 1.51. The molecule has 2 aromatic rings. The lowest BCUT2D eigenvalue weighted by molar-refractivity contribution is -0.384. The third-order valence-corrected chi connectivity index (χ3v) is 6.22. The van der Waals surface area contributed by atoms with Crippen molar-refractivity contribution >= 4 is 52.6 Å². The zero-order chi connectivity index (χ0) is 23.3. The second kappa shape index (κ2) is 7.82. The van der Waals surface area contributed by atoms with E-state index >= 15 is 0 Å². The number of imide groups is 1. The van der Waals surface area contributed by atoms with Crippen molar-refractivity contribution in [2.45, 2.75) is 12.1 Å². The van der Waals surface area contributed by atoms with Crippen molar-refractivity contribution in [3.8, 4) is 0 Å². The van der Waals surface area contributed by atoms with Crippen LogP contribution in [0.5, 0.6) is 0 Å². The number of nitrogens with zero attached hydrogens (tertiary/aromatic N) is 4. The number of nitro benzene ring substituents is 1. The molecule has 5 rings (SSSR count). The Morgan fingerprint density at radius 2 is 1.82 bits per heavy atom. The second-order valence-corrected chi connectivity index (χ2v) is 8.24. The number of hydrogen-bond donors (Lipinski definition) is 1. The van der Waals surface area contributed by atoms with Crippen LogP contribution in [0, 0.1) is 22.0 Å². The van der Waals surface area contributed by atoms with E-state index in [1.165, 1.54) is 35.5 Å². The zero-order valence-electron chi connectivity index (χ0n) is 16.9. The Hall–Kier alpha value is -4.05. The van der Waals surface area contributed by atoms with Gasteiger partial charge in [0.05, 0.1) is 28.5 Å². The number of carbonyl (C=O) groups excluding carboxylic acids is 3. The number of hydrazone groups is 1. The summed E-state index contributed by atoms with van der Waals surface area (Å²) < 4.78 is 0. The third kappa shape index (κ3) is 3.35. The lowest BCUT2D eigenvalue weighted by atomic mass is 9.88. The van der Waals surface area contributed by atoms with Crippen LogP contribution in [0.3, 0.4) is 0 Å². The highest BCUT2D eigenvalue weighted by molar-refractivity contribution is 6.30. The number of halogens is 1. The van der Waals surface area contributed by atoms with Crippen molar-refractivity contribution < 1.29 is 19.3 Å². The number of allylic oxidation sites excluding steroid dienone is 1. The lowest BCUT2D eigenvalue weighted by Crippen LogP contribution is -2.47. The molecule has 166 valence electrons. The summed E-state index contributed by atoms with van der Waals surface area (Å²) in [5.74, 6) is -3.48. The number of carbonyl (C=O) groups is 3. The van der Waals surface area contributed by atoms with Crippen LogP contribution in [0.25, 0.3) is 0 Å². The summed E-state index contributed by atoms with van der Waals surface area (Å²) in [6, 6.07) is 10.2. The summed E-state index contributed by atoms with van der Waals surface area (Å²) >= 11 is 5.90. The maximum Gasteiger partial charge on any atom is 0.271 e. The Bertz CT molecular complexity index is 1240. The number of nitro groups is 1. The molecule has 3 heterocycles. The van der Waals surface area contributed by atoms with Gasteiger partial charge in [-0.25, -0.2) is 4.90 Å². The SMILES string of the molecule is O=C(Nc1ccc(Cl)cc1)[C@@H]1[C@@H]2C(=O)N(c3cccc([N+](=O)[O-])c3)C(=O)[C@H]2[C@H]2C=CC=NN21. The van der Waals surface area contributed by atoms with Crippen molar-refractivity contribution in [3.05, 3.63) is 75.8 Å². The standard InChI is InChI=1S/C22H16ClN5O5/c23-12-6-8-13(9-7-12)25-20(29)19-18-17(16-5-2-10-24-27(16)19)21(30)26(22(18)31)14-3-1-4-15(11-14)28(32)33/h1-11,16-19H,(H,25,29)/t16-,17+,18-,19+/m1/s1. The number of nitrogens with one attached hydrogen (secondary N) is 1. The quantitative estimate of drug-likeness (QED) is 0.420. The minimum absolute atomic E-state index is 0.0975. The fraction of sp³-hybridized carbons (Fsp3) is 0.182. The van der Waals surface area contributed by atoms with Gasteiger partial charge in [-0.15, -0.1) is 0 Å². The van der Waals surface area contributed by atoms with Gasteiger partial charge in [-0.3, -0.25) is 29.5 Å². The highest BCUT2D eigenvalue weighted by Crippen LogP contribution is 2.46. The molecule has 4 atom stereocenters. The summed E-state index contributed by atoms with van der Waals surface area (Å²) in [4.78, 5) is 51.6. The van der Waals surface area contributed by atoms with Crippen LogP contribution in [0.1, 0.15) is 0 Å². The van der Waals surface area contributed by atoms with Gasteiger partial charge in [0.1, 0.15) is 6.04 Å². The number of anilines is 2. The van der Waals surface area contributed by atoms with Crippen molar-refractivity contribution in [1.29, 1.82) is 0 Å². The van der Waals surface area contributed by atoms with Gasteiger partial charge in [-0.1, -0.05) is 23.7 Å².